The van der Waals surface area contributed by atoms with Gasteiger partial charge in [-0.15, -0.1) is 0 Å². The molecule has 0 unspecified atom stereocenters. The molecular formula is C5H7O4+. The van der Waals surface area contributed by atoms with Crippen molar-refractivity contribution in [1.82, 2.24) is 0 Å². The molecule has 4 nitrogen and oxygen atoms in total. The minimum Gasteiger partial charge on any atom is -0.505 e. The van der Waals surface area contributed by atoms with Gasteiger partial charge in [0.25, 0.3) is 0 Å². The van der Waals surface area contributed by atoms with Gasteiger partial charge in [-0.25, -0.2) is 0 Å². The molecule has 1 heterocycles. The van der Waals surface area contributed by atoms with E-state index in [4.69, 9.17) is 15.3 Å². The van der Waals surface area contributed by atoms with Gasteiger partial charge in [-0.2, -0.15) is 0 Å². The highest BCUT2D eigenvalue weighted by Crippen LogP contribution is 2.12. The molecule has 3 N–H and O–H groups in total. The van der Waals surface area contributed by atoms with Gasteiger partial charge >= 0.3 is 1.43 Å². The molecule has 0 bridgehead atoms. The van der Waals surface area contributed by atoms with Crippen LogP contribution >= 0.6 is 0 Å². The van der Waals surface area contributed by atoms with Crippen LogP contribution in [0, 0.1) is 0 Å². The van der Waals surface area contributed by atoms with Crippen molar-refractivity contribution >= 4 is 0 Å². The third-order valence-corrected chi connectivity index (χ3v) is 0.931. The van der Waals surface area contributed by atoms with E-state index in [1.807, 2.05) is 0 Å². The number of ether oxygens (including phenoxy) is 1. The van der Waals surface area contributed by atoms with E-state index in [0.717, 1.165) is 6.26 Å². The first-order chi connectivity index (χ1) is 4.22. The molecule has 0 aromatic carbocycles. The first kappa shape index (κ1) is 5.81. The van der Waals surface area contributed by atoms with Crippen LogP contribution < -0.4 is 0 Å². The molecule has 0 spiro atoms. The van der Waals surface area contributed by atoms with Crippen LogP contribution in [0.5, 0.6) is 0 Å². The minimum absolute atomic E-state index is 0. The molecule has 0 atom stereocenters. The number of rotatable bonds is 0. The third-order valence-electron chi connectivity index (χ3n) is 0.931. The molecule has 4 heteroatoms. The maximum atomic E-state index is 8.68. The number of hydrogen-bond acceptors (Lipinski definition) is 4. The highest BCUT2D eigenvalue weighted by molar-refractivity contribution is 5.21. The summed E-state index contributed by atoms with van der Waals surface area (Å²) < 4.78 is 4.48. The van der Waals surface area contributed by atoms with Gasteiger partial charge in [-0.3, -0.25) is 0 Å². The van der Waals surface area contributed by atoms with Gasteiger partial charge < -0.3 is 20.1 Å². The van der Waals surface area contributed by atoms with E-state index < -0.39 is 11.5 Å². The van der Waals surface area contributed by atoms with E-state index in [0.29, 0.717) is 0 Å². The summed E-state index contributed by atoms with van der Waals surface area (Å²) in [4.78, 5) is 0. The lowest BCUT2D eigenvalue weighted by Gasteiger charge is -2.08. The summed E-state index contributed by atoms with van der Waals surface area (Å²) in [6, 6.07) is 0. The fourth-order valence-electron chi connectivity index (χ4n) is 0.472. The molecule has 0 amide bonds. The Morgan fingerprint density at radius 1 is 1.44 bits per heavy atom. The summed E-state index contributed by atoms with van der Waals surface area (Å²) >= 11 is 0. The number of aliphatic hydroxyl groups is 3. The van der Waals surface area contributed by atoms with Gasteiger partial charge in [0.05, 0.1) is 0 Å². The van der Waals surface area contributed by atoms with E-state index in [1.165, 1.54) is 0 Å². The lowest BCUT2D eigenvalue weighted by atomic mass is 10.3. The van der Waals surface area contributed by atoms with Gasteiger partial charge in [-0.05, 0) is 0 Å². The zero-order valence-corrected chi connectivity index (χ0v) is 4.53. The normalized spacial score (nSPS) is 18.9. The average molecular weight is 131 g/mol. The maximum Gasteiger partial charge on any atom is 1.00 e. The summed E-state index contributed by atoms with van der Waals surface area (Å²) in [7, 11) is 0. The van der Waals surface area contributed by atoms with Crippen LogP contribution in [0.4, 0.5) is 0 Å². The Morgan fingerprint density at radius 2 is 2.11 bits per heavy atom. The maximum absolute atomic E-state index is 8.68. The Bertz CT molecular complexity index is 184. The zero-order chi connectivity index (χ0) is 6.85. The van der Waals surface area contributed by atoms with Crippen LogP contribution in [0.25, 0.3) is 0 Å². The number of aliphatic hydroxyl groups excluding tert-OH is 3. The summed E-state index contributed by atoms with van der Waals surface area (Å²) in [6.07, 6.45) is 0.967. The smallest absolute Gasteiger partial charge is 0.505 e. The van der Waals surface area contributed by atoms with Crippen molar-refractivity contribution in [2.45, 2.75) is 0 Å². The predicted molar refractivity (Wildman–Crippen MR) is 30.1 cm³/mol. The lowest BCUT2D eigenvalue weighted by molar-refractivity contribution is 0.163. The monoisotopic (exact) mass is 131 g/mol. The SMILES string of the molecule is OC1=COCC(O)=C1O.[H+]. The summed E-state index contributed by atoms with van der Waals surface area (Å²) in [5, 5.41) is 25.9. The standard InChI is InChI=1S/C5H6O4/c6-3-1-9-2-4(7)5(3)8/h1,6-8H,2H2/p+1. The molecule has 1 aliphatic rings. The van der Waals surface area contributed by atoms with Crippen LogP contribution in [0.15, 0.2) is 23.5 Å². The Kier molecular flexibility index (Phi) is 1.22. The fourth-order valence-corrected chi connectivity index (χ4v) is 0.472. The van der Waals surface area contributed by atoms with Crippen LogP contribution in [-0.2, 0) is 4.74 Å². The first-order valence-electron chi connectivity index (χ1n) is 2.34. The van der Waals surface area contributed by atoms with E-state index in [1.54, 1.807) is 0 Å². The number of hydrogen-bond donors (Lipinski definition) is 3. The largest absolute Gasteiger partial charge is 1.00 e. The van der Waals surface area contributed by atoms with Gasteiger partial charge in [0.15, 0.2) is 11.5 Å². The van der Waals surface area contributed by atoms with Crippen LogP contribution in [0.3, 0.4) is 0 Å². The Labute approximate surface area is 52.8 Å². The van der Waals surface area contributed by atoms with Crippen LogP contribution in [0.2, 0.25) is 0 Å². The van der Waals surface area contributed by atoms with E-state index in [2.05, 4.69) is 4.74 Å². The van der Waals surface area contributed by atoms with Crippen molar-refractivity contribution in [3.63, 3.8) is 0 Å². The molecule has 9 heavy (non-hydrogen) atoms. The highest BCUT2D eigenvalue weighted by atomic mass is 16.5. The van der Waals surface area contributed by atoms with Gasteiger partial charge in [0, 0.05) is 0 Å². The molecule has 1 rings (SSSR count). The Morgan fingerprint density at radius 3 is 2.56 bits per heavy atom. The molecule has 0 aromatic heterocycles. The lowest BCUT2D eigenvalue weighted by Crippen LogP contribution is -2.06. The fraction of sp³-hybridized carbons (Fsp3) is 0.200. The first-order valence-corrected chi connectivity index (χ1v) is 2.34. The second kappa shape index (κ2) is 1.89. The van der Waals surface area contributed by atoms with E-state index >= 15 is 0 Å². The van der Waals surface area contributed by atoms with Crippen molar-refractivity contribution in [1.29, 1.82) is 0 Å². The average Bonchev–Trinajstić information content (AvgIpc) is 1.83. The van der Waals surface area contributed by atoms with Crippen molar-refractivity contribution in [3.8, 4) is 0 Å². The van der Waals surface area contributed by atoms with Gasteiger partial charge in [0.1, 0.15) is 12.9 Å². The summed E-state index contributed by atoms with van der Waals surface area (Å²) in [5.74, 6) is -1.31. The molecule has 0 saturated heterocycles. The Balaban J connectivity index is 0.000000810. The van der Waals surface area contributed by atoms with Crippen molar-refractivity contribution in [2.75, 3.05) is 6.61 Å². The molecular weight excluding hydrogens is 124 g/mol. The topological polar surface area (TPSA) is 69.9 Å². The van der Waals surface area contributed by atoms with Crippen molar-refractivity contribution < 1.29 is 21.5 Å². The molecule has 0 aliphatic carbocycles. The van der Waals surface area contributed by atoms with Crippen LogP contribution in [-0.4, -0.2) is 21.9 Å². The van der Waals surface area contributed by atoms with Gasteiger partial charge in [-0.1, -0.05) is 0 Å². The summed E-state index contributed by atoms with van der Waals surface area (Å²) in [5.41, 5.74) is 0. The second-order valence-corrected chi connectivity index (χ2v) is 1.61. The minimum atomic E-state index is -0.513. The van der Waals surface area contributed by atoms with Crippen LogP contribution in [0.1, 0.15) is 1.43 Å². The van der Waals surface area contributed by atoms with Crippen molar-refractivity contribution in [3.05, 3.63) is 23.5 Å². The Hall–Kier alpha value is -1.32. The molecule has 1 aliphatic heterocycles. The van der Waals surface area contributed by atoms with Gasteiger partial charge in [0.2, 0.25) is 5.76 Å². The highest BCUT2D eigenvalue weighted by Gasteiger charge is 2.13. The second-order valence-electron chi connectivity index (χ2n) is 1.61. The molecule has 0 saturated carbocycles. The zero-order valence-electron chi connectivity index (χ0n) is 5.53. The molecule has 0 aromatic rings. The third kappa shape index (κ3) is 0.910. The summed E-state index contributed by atoms with van der Waals surface area (Å²) in [6.45, 7) is -0.0874. The molecule has 0 radical (unpaired) electrons. The predicted octanol–water partition coefficient (Wildman–Crippen LogP) is 0.856. The van der Waals surface area contributed by atoms with E-state index in [-0.39, 0.29) is 13.8 Å². The quantitative estimate of drug-likeness (QED) is 0.456. The van der Waals surface area contributed by atoms with E-state index in [9.17, 15) is 0 Å². The van der Waals surface area contributed by atoms with Crippen molar-refractivity contribution in [2.24, 2.45) is 0 Å². The molecule has 0 fully saturated rings. The molecule has 50 valence electrons.